The Morgan fingerprint density at radius 1 is 1.50 bits per heavy atom. The lowest BCUT2D eigenvalue weighted by Crippen LogP contribution is -2.04. The predicted octanol–water partition coefficient (Wildman–Crippen LogP) is 2.61. The van der Waals surface area contributed by atoms with Gasteiger partial charge in [0.1, 0.15) is 11.5 Å². The van der Waals surface area contributed by atoms with E-state index in [0.717, 1.165) is 22.8 Å². The molecule has 16 heavy (non-hydrogen) atoms. The van der Waals surface area contributed by atoms with Crippen molar-refractivity contribution in [2.45, 2.75) is 27.3 Å². The monoisotopic (exact) mass is 219 g/mol. The summed E-state index contributed by atoms with van der Waals surface area (Å²) in [7, 11) is 0. The highest BCUT2D eigenvalue weighted by atomic mass is 16.3. The number of nitrogens with zero attached hydrogens (tertiary/aromatic N) is 3. The average molecular weight is 219 g/mol. The smallest absolute Gasteiger partial charge is 0.105 e. The summed E-state index contributed by atoms with van der Waals surface area (Å²) in [6.07, 6.45) is 1.67. The number of aliphatic imine (C=N–C) groups is 1. The van der Waals surface area contributed by atoms with E-state index in [2.05, 4.69) is 23.1 Å². The van der Waals surface area contributed by atoms with E-state index in [1.807, 2.05) is 25.3 Å². The Labute approximate surface area is 95.7 Å². The first-order chi connectivity index (χ1) is 7.41. The highest BCUT2D eigenvalue weighted by Crippen LogP contribution is 2.10. The fourth-order valence-corrected chi connectivity index (χ4v) is 1.49. The molecule has 1 aromatic heterocycles. The van der Waals surface area contributed by atoms with Crippen molar-refractivity contribution >= 4 is 5.71 Å². The van der Waals surface area contributed by atoms with Crippen LogP contribution in [0.5, 0.6) is 0 Å². The molecule has 1 heterocycles. The Hall–Kier alpha value is -1.84. The van der Waals surface area contributed by atoms with Gasteiger partial charge in [0, 0.05) is 11.4 Å². The predicted molar refractivity (Wildman–Crippen MR) is 65.8 cm³/mol. The van der Waals surface area contributed by atoms with Crippen LogP contribution in [-0.4, -0.2) is 20.4 Å². The van der Waals surface area contributed by atoms with Gasteiger partial charge in [-0.25, -0.2) is 4.98 Å². The van der Waals surface area contributed by atoms with Crippen LogP contribution in [-0.2, 0) is 6.54 Å². The molecule has 0 saturated carbocycles. The van der Waals surface area contributed by atoms with Crippen LogP contribution < -0.4 is 0 Å². The Kier molecular flexibility index (Phi) is 3.66. The van der Waals surface area contributed by atoms with Crippen molar-refractivity contribution in [2.24, 2.45) is 4.99 Å². The van der Waals surface area contributed by atoms with Gasteiger partial charge >= 0.3 is 0 Å². The molecule has 0 atom stereocenters. The molecule has 0 aliphatic heterocycles. The van der Waals surface area contributed by atoms with Crippen molar-refractivity contribution in [3.8, 4) is 0 Å². The summed E-state index contributed by atoms with van der Waals surface area (Å²) < 4.78 is 1.83. The van der Waals surface area contributed by atoms with Crippen LogP contribution in [0.3, 0.4) is 0 Å². The van der Waals surface area contributed by atoms with Crippen molar-refractivity contribution in [1.82, 2.24) is 9.55 Å². The van der Waals surface area contributed by atoms with Gasteiger partial charge in [-0.2, -0.15) is 0 Å². The molecule has 4 nitrogen and oxygen atoms in total. The van der Waals surface area contributed by atoms with E-state index in [9.17, 15) is 0 Å². The number of imidazole rings is 1. The summed E-state index contributed by atoms with van der Waals surface area (Å²) in [6.45, 7) is 13.2. The minimum atomic E-state index is 0.113. The SMILES string of the molecule is C=C(O)Cn1cnc(C(C)=NC(=C)C)c1C. The van der Waals surface area contributed by atoms with Gasteiger partial charge in [0.2, 0.25) is 0 Å². The van der Waals surface area contributed by atoms with Crippen molar-refractivity contribution < 1.29 is 5.11 Å². The Morgan fingerprint density at radius 3 is 2.62 bits per heavy atom. The molecular weight excluding hydrogens is 202 g/mol. The molecule has 0 aliphatic rings. The van der Waals surface area contributed by atoms with E-state index in [1.54, 1.807) is 6.33 Å². The number of allylic oxidation sites excluding steroid dienone is 2. The normalized spacial score (nSPS) is 11.6. The highest BCUT2D eigenvalue weighted by Gasteiger charge is 2.09. The second-order valence-corrected chi connectivity index (χ2v) is 3.81. The fourth-order valence-electron chi connectivity index (χ4n) is 1.49. The third kappa shape index (κ3) is 2.82. The first kappa shape index (κ1) is 12.2. The van der Waals surface area contributed by atoms with E-state index in [-0.39, 0.29) is 5.76 Å². The Bertz CT molecular complexity index is 455. The second kappa shape index (κ2) is 4.79. The van der Waals surface area contributed by atoms with Crippen LogP contribution in [0.2, 0.25) is 0 Å². The lowest BCUT2D eigenvalue weighted by molar-refractivity contribution is 0.377. The molecule has 0 amide bonds. The zero-order valence-corrected chi connectivity index (χ0v) is 9.99. The minimum absolute atomic E-state index is 0.113. The number of rotatable bonds is 4. The first-order valence-corrected chi connectivity index (χ1v) is 5.01. The molecule has 1 aromatic rings. The van der Waals surface area contributed by atoms with E-state index < -0.39 is 0 Å². The molecule has 86 valence electrons. The molecule has 0 radical (unpaired) electrons. The number of hydrogen-bond donors (Lipinski definition) is 1. The van der Waals surface area contributed by atoms with Crippen LogP contribution >= 0.6 is 0 Å². The van der Waals surface area contributed by atoms with Crippen molar-refractivity contribution in [2.75, 3.05) is 0 Å². The molecule has 0 unspecified atom stereocenters. The summed E-state index contributed by atoms with van der Waals surface area (Å²) >= 11 is 0. The molecule has 1 rings (SSSR count). The molecule has 0 aliphatic carbocycles. The zero-order chi connectivity index (χ0) is 12.3. The molecular formula is C12H17N3O. The third-order valence-corrected chi connectivity index (χ3v) is 2.15. The lowest BCUT2D eigenvalue weighted by Gasteiger charge is -2.04. The Morgan fingerprint density at radius 2 is 2.12 bits per heavy atom. The summed E-state index contributed by atoms with van der Waals surface area (Å²) in [5.41, 5.74) is 3.35. The minimum Gasteiger partial charge on any atom is -0.511 e. The van der Waals surface area contributed by atoms with E-state index in [1.165, 1.54) is 0 Å². The van der Waals surface area contributed by atoms with E-state index in [4.69, 9.17) is 5.11 Å². The van der Waals surface area contributed by atoms with Gasteiger partial charge in [0.25, 0.3) is 0 Å². The number of aliphatic hydroxyl groups excluding tert-OH is 1. The zero-order valence-electron chi connectivity index (χ0n) is 9.99. The number of hydrogen-bond acceptors (Lipinski definition) is 3. The molecule has 0 bridgehead atoms. The van der Waals surface area contributed by atoms with Crippen LogP contribution in [0.1, 0.15) is 25.2 Å². The topological polar surface area (TPSA) is 50.4 Å². The molecule has 0 spiro atoms. The van der Waals surface area contributed by atoms with Crippen LogP contribution in [0.25, 0.3) is 0 Å². The summed E-state index contributed by atoms with van der Waals surface area (Å²) in [6, 6.07) is 0. The maximum Gasteiger partial charge on any atom is 0.105 e. The quantitative estimate of drug-likeness (QED) is 0.625. The largest absolute Gasteiger partial charge is 0.511 e. The fraction of sp³-hybridized carbons (Fsp3) is 0.333. The van der Waals surface area contributed by atoms with Crippen molar-refractivity contribution in [3.63, 3.8) is 0 Å². The molecule has 4 heteroatoms. The van der Waals surface area contributed by atoms with E-state index >= 15 is 0 Å². The van der Waals surface area contributed by atoms with Crippen LogP contribution in [0, 0.1) is 6.92 Å². The van der Waals surface area contributed by atoms with Crippen LogP contribution in [0.15, 0.2) is 35.9 Å². The molecule has 0 aromatic carbocycles. The molecule has 0 fully saturated rings. The average Bonchev–Trinajstić information content (AvgIpc) is 2.46. The first-order valence-electron chi connectivity index (χ1n) is 5.01. The number of aromatic nitrogens is 2. The number of aliphatic hydroxyl groups is 1. The van der Waals surface area contributed by atoms with Gasteiger partial charge in [-0.3, -0.25) is 4.99 Å². The lowest BCUT2D eigenvalue weighted by atomic mass is 10.2. The molecule has 0 saturated heterocycles. The summed E-state index contributed by atoms with van der Waals surface area (Å²) in [5.74, 6) is 0.113. The van der Waals surface area contributed by atoms with Gasteiger partial charge in [-0.15, -0.1) is 0 Å². The van der Waals surface area contributed by atoms with Gasteiger partial charge in [0.05, 0.1) is 18.6 Å². The summed E-state index contributed by atoms with van der Waals surface area (Å²) in [5, 5.41) is 9.14. The maximum absolute atomic E-state index is 9.14. The van der Waals surface area contributed by atoms with Crippen molar-refractivity contribution in [3.05, 3.63) is 42.3 Å². The second-order valence-electron chi connectivity index (χ2n) is 3.81. The summed E-state index contributed by atoms with van der Waals surface area (Å²) in [4.78, 5) is 8.52. The molecule has 1 N–H and O–H groups in total. The maximum atomic E-state index is 9.14. The highest BCUT2D eigenvalue weighted by molar-refractivity contribution is 5.98. The standard InChI is InChI=1S/C12H17N3O/c1-8(2)14-10(4)12-11(5)15(7-13-12)6-9(3)16/h7,16H,1,3,6H2,2,4-5H3. The van der Waals surface area contributed by atoms with Gasteiger partial charge in [-0.05, 0) is 20.8 Å². The van der Waals surface area contributed by atoms with Gasteiger partial charge in [-0.1, -0.05) is 13.2 Å². The van der Waals surface area contributed by atoms with Crippen LogP contribution in [0.4, 0.5) is 0 Å². The Balaban J connectivity index is 3.04. The van der Waals surface area contributed by atoms with Gasteiger partial charge < -0.3 is 9.67 Å². The van der Waals surface area contributed by atoms with Gasteiger partial charge in [0.15, 0.2) is 0 Å². The van der Waals surface area contributed by atoms with E-state index in [0.29, 0.717) is 6.54 Å². The third-order valence-electron chi connectivity index (χ3n) is 2.15. The van der Waals surface area contributed by atoms with Crippen molar-refractivity contribution in [1.29, 1.82) is 0 Å².